The van der Waals surface area contributed by atoms with Crippen molar-refractivity contribution < 1.29 is 15.0 Å². The van der Waals surface area contributed by atoms with Crippen LogP contribution in [0.3, 0.4) is 0 Å². The Labute approximate surface area is 100 Å². The van der Waals surface area contributed by atoms with Crippen LogP contribution in [-0.4, -0.2) is 32.2 Å². The Balaban J connectivity index is 2.52. The minimum absolute atomic E-state index is 0.0751. The van der Waals surface area contributed by atoms with Crippen LogP contribution >= 0.6 is 27.7 Å². The number of carbonyl (C=O) groups is 1. The molecule has 0 saturated heterocycles. The van der Waals surface area contributed by atoms with Gasteiger partial charge in [-0.1, -0.05) is 11.8 Å². The van der Waals surface area contributed by atoms with Gasteiger partial charge in [-0.3, -0.25) is 4.79 Å². The number of nitrogens with one attached hydrogen (secondary N) is 1. The normalized spacial score (nSPS) is 14.9. The molecule has 1 aromatic rings. The number of thioether (sulfide) groups is 1. The molecule has 0 aliphatic rings. The second kappa shape index (κ2) is 5.69. The first-order valence-electron chi connectivity index (χ1n) is 4.34. The lowest BCUT2D eigenvalue weighted by molar-refractivity contribution is -0.109. The largest absolute Gasteiger partial charge is 0.389 e. The molecule has 0 bridgehead atoms. The first-order chi connectivity index (χ1) is 7.00. The molecule has 0 amide bonds. The van der Waals surface area contributed by atoms with E-state index in [2.05, 4.69) is 20.9 Å². The van der Waals surface area contributed by atoms with E-state index in [9.17, 15) is 15.0 Å². The highest BCUT2D eigenvalue weighted by Gasteiger charge is 2.20. The van der Waals surface area contributed by atoms with E-state index in [0.29, 0.717) is 5.69 Å². The van der Waals surface area contributed by atoms with Crippen LogP contribution in [0.4, 0.5) is 0 Å². The van der Waals surface area contributed by atoms with Crippen LogP contribution in [0.5, 0.6) is 0 Å². The number of hydrogen-bond acceptors (Lipinski definition) is 4. The first kappa shape index (κ1) is 12.8. The third kappa shape index (κ3) is 3.98. The van der Waals surface area contributed by atoms with Gasteiger partial charge in [0.2, 0.25) is 0 Å². The van der Waals surface area contributed by atoms with Gasteiger partial charge in [0.25, 0.3) is 0 Å². The molecule has 0 aliphatic carbocycles. The fourth-order valence-electron chi connectivity index (χ4n) is 1.06. The Morgan fingerprint density at radius 3 is 2.80 bits per heavy atom. The molecule has 15 heavy (non-hydrogen) atoms. The van der Waals surface area contributed by atoms with E-state index >= 15 is 0 Å². The molecule has 1 rings (SSSR count). The molecular formula is C9H12BrNO3S. The lowest BCUT2D eigenvalue weighted by Crippen LogP contribution is -2.21. The Morgan fingerprint density at radius 2 is 2.33 bits per heavy atom. The van der Waals surface area contributed by atoms with E-state index in [1.54, 1.807) is 12.3 Å². The summed E-state index contributed by atoms with van der Waals surface area (Å²) in [5, 5.41) is 19.2. The number of aliphatic hydroxyl groups is 2. The summed E-state index contributed by atoms with van der Waals surface area (Å²) in [6.45, 7) is 1.43. The van der Waals surface area contributed by atoms with Gasteiger partial charge in [-0.25, -0.2) is 0 Å². The van der Waals surface area contributed by atoms with Gasteiger partial charge in [-0.2, -0.15) is 0 Å². The van der Waals surface area contributed by atoms with Crippen molar-refractivity contribution in [2.45, 2.75) is 19.1 Å². The summed E-state index contributed by atoms with van der Waals surface area (Å²) < 4.78 is 0.808. The van der Waals surface area contributed by atoms with Crippen molar-refractivity contribution in [3.8, 4) is 0 Å². The maximum atomic E-state index is 10.7. The standard InChI is InChI=1S/C9H12BrNO3S/c1-5(12)15-4-8(13)9(14)7-2-6(10)3-11-7/h2-3,8-9,11,13-14H,4H2,1H3. The number of aromatic amines is 1. The highest BCUT2D eigenvalue weighted by Crippen LogP contribution is 2.21. The van der Waals surface area contributed by atoms with E-state index in [-0.39, 0.29) is 10.9 Å². The van der Waals surface area contributed by atoms with Crippen molar-refractivity contribution in [3.05, 3.63) is 22.4 Å². The average molecular weight is 294 g/mol. The highest BCUT2D eigenvalue weighted by atomic mass is 79.9. The summed E-state index contributed by atoms with van der Waals surface area (Å²) in [7, 11) is 0. The third-order valence-corrected chi connectivity index (χ3v) is 3.18. The van der Waals surface area contributed by atoms with Crippen LogP contribution < -0.4 is 0 Å². The van der Waals surface area contributed by atoms with Gasteiger partial charge in [0, 0.05) is 29.0 Å². The second-order valence-electron chi connectivity index (χ2n) is 3.09. The molecule has 4 nitrogen and oxygen atoms in total. The molecule has 2 atom stereocenters. The van der Waals surface area contributed by atoms with Crippen molar-refractivity contribution in [3.63, 3.8) is 0 Å². The molecule has 0 aliphatic heterocycles. The topological polar surface area (TPSA) is 73.3 Å². The molecule has 84 valence electrons. The van der Waals surface area contributed by atoms with E-state index < -0.39 is 12.2 Å². The molecule has 2 unspecified atom stereocenters. The van der Waals surface area contributed by atoms with Crippen molar-refractivity contribution >= 4 is 32.8 Å². The monoisotopic (exact) mass is 293 g/mol. The number of halogens is 1. The summed E-state index contributed by atoms with van der Waals surface area (Å²) >= 11 is 4.22. The summed E-state index contributed by atoms with van der Waals surface area (Å²) in [6, 6.07) is 1.69. The number of H-pyrrole nitrogens is 1. The smallest absolute Gasteiger partial charge is 0.185 e. The fraction of sp³-hybridized carbons (Fsp3) is 0.444. The summed E-state index contributed by atoms with van der Waals surface area (Å²) in [5.41, 5.74) is 0.526. The van der Waals surface area contributed by atoms with Gasteiger partial charge in [-0.05, 0) is 22.0 Å². The SMILES string of the molecule is CC(=O)SCC(O)C(O)c1cc(Br)c[nH]1. The molecule has 0 spiro atoms. The van der Waals surface area contributed by atoms with Crippen molar-refractivity contribution in [2.24, 2.45) is 0 Å². The Bertz CT molecular complexity index is 342. The number of aromatic nitrogens is 1. The van der Waals surface area contributed by atoms with Crippen LogP contribution in [0.15, 0.2) is 16.7 Å². The van der Waals surface area contributed by atoms with Gasteiger partial charge >= 0.3 is 0 Å². The molecule has 1 heterocycles. The summed E-state index contributed by atoms with van der Waals surface area (Å²) in [6.07, 6.45) is -0.281. The Morgan fingerprint density at radius 1 is 1.67 bits per heavy atom. The van der Waals surface area contributed by atoms with Gasteiger partial charge in [0.15, 0.2) is 5.12 Å². The lowest BCUT2D eigenvalue weighted by Gasteiger charge is -2.15. The van der Waals surface area contributed by atoms with E-state index in [1.165, 1.54) is 6.92 Å². The maximum Gasteiger partial charge on any atom is 0.185 e. The predicted octanol–water partition coefficient (Wildman–Crippen LogP) is 1.45. The molecule has 6 heteroatoms. The minimum atomic E-state index is -0.997. The van der Waals surface area contributed by atoms with Crippen LogP contribution in [0.2, 0.25) is 0 Å². The summed E-state index contributed by atoms with van der Waals surface area (Å²) in [4.78, 5) is 13.5. The predicted molar refractivity (Wildman–Crippen MR) is 62.6 cm³/mol. The molecule has 0 aromatic carbocycles. The summed E-state index contributed by atoms with van der Waals surface area (Å²) in [5.74, 6) is 0.188. The van der Waals surface area contributed by atoms with Crippen LogP contribution in [-0.2, 0) is 4.79 Å². The average Bonchev–Trinajstić information content (AvgIpc) is 2.60. The van der Waals surface area contributed by atoms with Gasteiger partial charge in [0.1, 0.15) is 6.10 Å². The first-order valence-corrected chi connectivity index (χ1v) is 6.12. The molecule has 3 N–H and O–H groups in total. The maximum absolute atomic E-state index is 10.7. The van der Waals surface area contributed by atoms with E-state index in [4.69, 9.17) is 0 Å². The van der Waals surface area contributed by atoms with Gasteiger partial charge in [-0.15, -0.1) is 0 Å². The lowest BCUT2D eigenvalue weighted by atomic mass is 10.2. The molecule has 0 saturated carbocycles. The van der Waals surface area contributed by atoms with Crippen molar-refractivity contribution in [1.82, 2.24) is 4.98 Å². The fourth-order valence-corrected chi connectivity index (χ4v) is 2.00. The van der Waals surface area contributed by atoms with Gasteiger partial charge < -0.3 is 15.2 Å². The van der Waals surface area contributed by atoms with Crippen LogP contribution in [0, 0.1) is 0 Å². The Hall–Kier alpha value is -0.300. The zero-order valence-electron chi connectivity index (χ0n) is 8.11. The minimum Gasteiger partial charge on any atom is -0.389 e. The quantitative estimate of drug-likeness (QED) is 0.786. The molecule has 0 radical (unpaired) electrons. The number of rotatable bonds is 4. The molecule has 0 fully saturated rings. The third-order valence-electron chi connectivity index (χ3n) is 1.81. The highest BCUT2D eigenvalue weighted by molar-refractivity contribution is 9.10. The van der Waals surface area contributed by atoms with E-state index in [1.807, 2.05) is 0 Å². The van der Waals surface area contributed by atoms with Crippen LogP contribution in [0.1, 0.15) is 18.7 Å². The second-order valence-corrected chi connectivity index (χ2v) is 5.20. The number of hydrogen-bond donors (Lipinski definition) is 3. The van der Waals surface area contributed by atoms with Gasteiger partial charge in [0.05, 0.1) is 6.10 Å². The number of carbonyl (C=O) groups excluding carboxylic acids is 1. The van der Waals surface area contributed by atoms with Crippen molar-refractivity contribution in [1.29, 1.82) is 0 Å². The molecular weight excluding hydrogens is 282 g/mol. The van der Waals surface area contributed by atoms with Crippen LogP contribution in [0.25, 0.3) is 0 Å². The zero-order valence-corrected chi connectivity index (χ0v) is 10.5. The van der Waals surface area contributed by atoms with E-state index in [0.717, 1.165) is 16.2 Å². The van der Waals surface area contributed by atoms with Crippen molar-refractivity contribution in [2.75, 3.05) is 5.75 Å². The Kier molecular flexibility index (Phi) is 4.85. The molecule has 1 aromatic heterocycles. The zero-order chi connectivity index (χ0) is 11.4. The number of aliphatic hydroxyl groups excluding tert-OH is 2.